The zero-order valence-electron chi connectivity index (χ0n) is 17.5. The van der Waals surface area contributed by atoms with Crippen LogP contribution in [0.25, 0.3) is 0 Å². The number of oxazole rings is 1. The normalized spacial score (nSPS) is 11.0. The highest BCUT2D eigenvalue weighted by molar-refractivity contribution is 14.0. The maximum absolute atomic E-state index is 5.84. The number of ether oxygens (including phenoxy) is 1. The van der Waals surface area contributed by atoms with Crippen molar-refractivity contribution in [3.8, 4) is 5.75 Å². The minimum Gasteiger partial charge on any atom is -0.487 e. The van der Waals surface area contributed by atoms with Gasteiger partial charge in [0.25, 0.3) is 0 Å². The molecule has 7 nitrogen and oxygen atoms in total. The topological polar surface area (TPSA) is 84.6 Å². The highest BCUT2D eigenvalue weighted by Crippen LogP contribution is 2.15. The lowest BCUT2D eigenvalue weighted by Gasteiger charge is -2.10. The van der Waals surface area contributed by atoms with E-state index in [4.69, 9.17) is 9.15 Å². The van der Waals surface area contributed by atoms with E-state index in [0.717, 1.165) is 35.0 Å². The van der Waals surface area contributed by atoms with E-state index in [2.05, 4.69) is 25.6 Å². The van der Waals surface area contributed by atoms with Gasteiger partial charge in [-0.05, 0) is 50.6 Å². The molecule has 0 spiro atoms. The minimum atomic E-state index is 0. The number of guanidine groups is 1. The minimum absolute atomic E-state index is 0. The molecule has 2 N–H and O–H groups in total. The van der Waals surface area contributed by atoms with E-state index in [9.17, 15) is 0 Å². The fourth-order valence-electron chi connectivity index (χ4n) is 2.66. The molecule has 0 bridgehead atoms. The zero-order valence-corrected chi connectivity index (χ0v) is 19.8. The molecule has 2 aromatic heterocycles. The lowest BCUT2D eigenvalue weighted by atomic mass is 10.2. The third kappa shape index (κ3) is 7.33. The molecule has 0 saturated heterocycles. The first-order valence-corrected chi connectivity index (χ1v) is 9.70. The van der Waals surface area contributed by atoms with Crippen molar-refractivity contribution in [3.63, 3.8) is 0 Å². The van der Waals surface area contributed by atoms with Crippen LogP contribution in [0, 0.1) is 13.8 Å². The number of aryl methyl sites for hydroxylation is 2. The summed E-state index contributed by atoms with van der Waals surface area (Å²) < 4.78 is 11.4. The Bertz CT molecular complexity index is 924. The number of aromatic nitrogens is 2. The van der Waals surface area contributed by atoms with Crippen LogP contribution < -0.4 is 15.4 Å². The van der Waals surface area contributed by atoms with Crippen LogP contribution in [0.2, 0.25) is 0 Å². The molecular formula is C22H28IN5O2. The van der Waals surface area contributed by atoms with Gasteiger partial charge in [-0.2, -0.15) is 0 Å². The van der Waals surface area contributed by atoms with Gasteiger partial charge in [-0.15, -0.1) is 24.0 Å². The second kappa shape index (κ2) is 12.2. The van der Waals surface area contributed by atoms with Gasteiger partial charge in [0.05, 0.1) is 24.5 Å². The largest absolute Gasteiger partial charge is 0.487 e. The van der Waals surface area contributed by atoms with E-state index in [0.29, 0.717) is 31.5 Å². The van der Waals surface area contributed by atoms with E-state index in [1.807, 2.05) is 63.2 Å². The van der Waals surface area contributed by atoms with Crippen molar-refractivity contribution in [2.75, 3.05) is 6.54 Å². The van der Waals surface area contributed by atoms with Crippen molar-refractivity contribution in [3.05, 3.63) is 77.3 Å². The van der Waals surface area contributed by atoms with E-state index >= 15 is 0 Å². The fourth-order valence-corrected chi connectivity index (χ4v) is 2.66. The van der Waals surface area contributed by atoms with E-state index in [1.54, 1.807) is 6.20 Å². The Labute approximate surface area is 194 Å². The third-order valence-electron chi connectivity index (χ3n) is 4.26. The van der Waals surface area contributed by atoms with Crippen LogP contribution in [0.3, 0.4) is 0 Å². The van der Waals surface area contributed by atoms with Crippen LogP contribution in [0.4, 0.5) is 0 Å². The summed E-state index contributed by atoms with van der Waals surface area (Å²) in [4.78, 5) is 13.3. The first-order valence-electron chi connectivity index (χ1n) is 9.70. The molecular weight excluding hydrogens is 493 g/mol. The average Bonchev–Trinajstić information content (AvgIpc) is 3.07. The van der Waals surface area contributed by atoms with Crippen molar-refractivity contribution < 1.29 is 9.15 Å². The van der Waals surface area contributed by atoms with E-state index in [1.165, 1.54) is 0 Å². The van der Waals surface area contributed by atoms with Crippen LogP contribution in [-0.2, 0) is 19.7 Å². The van der Waals surface area contributed by atoms with Crippen LogP contribution in [0.1, 0.15) is 35.5 Å². The first kappa shape index (κ1) is 23.7. The molecule has 0 amide bonds. The molecule has 160 valence electrons. The standard InChI is InChI=1S/C22H27N5O2.HI/c1-4-23-22(26-14-21-27-16(2)17(3)29-21)25-13-18-8-7-10-20(12-18)28-15-19-9-5-6-11-24-19;/h5-12H,4,13-15H2,1-3H3,(H2,23,25,26);1H. The van der Waals surface area contributed by atoms with Crippen LogP contribution in [-0.4, -0.2) is 22.5 Å². The lowest BCUT2D eigenvalue weighted by Crippen LogP contribution is -2.36. The van der Waals surface area contributed by atoms with Gasteiger partial charge in [0.2, 0.25) is 5.89 Å². The van der Waals surface area contributed by atoms with Crippen LogP contribution in [0.15, 0.2) is 58.1 Å². The van der Waals surface area contributed by atoms with Gasteiger partial charge in [0.15, 0.2) is 5.96 Å². The summed E-state index contributed by atoms with van der Waals surface area (Å²) in [6.45, 7) is 8.09. The molecule has 8 heteroatoms. The number of pyridine rings is 1. The van der Waals surface area contributed by atoms with Gasteiger partial charge in [-0.25, -0.2) is 9.98 Å². The Morgan fingerprint density at radius 3 is 2.70 bits per heavy atom. The van der Waals surface area contributed by atoms with Crippen molar-refractivity contribution >= 4 is 29.9 Å². The molecule has 0 aliphatic rings. The molecule has 1 aromatic carbocycles. The molecule has 3 rings (SSSR count). The molecule has 0 aliphatic heterocycles. The average molecular weight is 521 g/mol. The number of nitrogens with one attached hydrogen (secondary N) is 2. The van der Waals surface area contributed by atoms with Crippen molar-refractivity contribution in [2.45, 2.75) is 40.5 Å². The Morgan fingerprint density at radius 1 is 1.13 bits per heavy atom. The molecule has 0 unspecified atom stereocenters. The Balaban J connectivity index is 0.00000320. The van der Waals surface area contributed by atoms with Crippen LogP contribution >= 0.6 is 24.0 Å². The summed E-state index contributed by atoms with van der Waals surface area (Å²) in [7, 11) is 0. The predicted octanol–water partition coefficient (Wildman–Crippen LogP) is 4.14. The van der Waals surface area contributed by atoms with Crippen molar-refractivity contribution in [1.82, 2.24) is 20.6 Å². The fraction of sp³-hybridized carbons (Fsp3) is 0.318. The molecule has 0 atom stereocenters. The Morgan fingerprint density at radius 2 is 2.00 bits per heavy atom. The molecule has 30 heavy (non-hydrogen) atoms. The van der Waals surface area contributed by atoms with Gasteiger partial charge in [-0.3, -0.25) is 4.98 Å². The molecule has 2 heterocycles. The third-order valence-corrected chi connectivity index (χ3v) is 4.26. The number of hydrogen-bond donors (Lipinski definition) is 2. The maximum atomic E-state index is 5.84. The van der Waals surface area contributed by atoms with Gasteiger partial charge in [-0.1, -0.05) is 18.2 Å². The highest BCUT2D eigenvalue weighted by atomic mass is 127. The summed E-state index contributed by atoms with van der Waals surface area (Å²) in [5.74, 6) is 3.00. The summed E-state index contributed by atoms with van der Waals surface area (Å²) in [5, 5.41) is 6.49. The molecule has 0 radical (unpaired) electrons. The second-order valence-corrected chi connectivity index (χ2v) is 6.56. The quantitative estimate of drug-likeness (QED) is 0.264. The van der Waals surface area contributed by atoms with E-state index < -0.39 is 0 Å². The van der Waals surface area contributed by atoms with Gasteiger partial charge in [0.1, 0.15) is 18.1 Å². The van der Waals surface area contributed by atoms with Crippen molar-refractivity contribution in [1.29, 1.82) is 0 Å². The smallest absolute Gasteiger partial charge is 0.214 e. The number of benzene rings is 1. The molecule has 0 aliphatic carbocycles. The summed E-state index contributed by atoms with van der Waals surface area (Å²) in [6.07, 6.45) is 1.76. The predicted molar refractivity (Wildman–Crippen MR) is 128 cm³/mol. The molecule has 0 saturated carbocycles. The van der Waals surface area contributed by atoms with Crippen molar-refractivity contribution in [2.24, 2.45) is 4.99 Å². The van der Waals surface area contributed by atoms with Gasteiger partial charge in [0, 0.05) is 12.7 Å². The summed E-state index contributed by atoms with van der Waals surface area (Å²) in [5.41, 5.74) is 2.86. The summed E-state index contributed by atoms with van der Waals surface area (Å²) >= 11 is 0. The monoisotopic (exact) mass is 521 g/mol. The Kier molecular flexibility index (Phi) is 9.59. The number of hydrogen-bond acceptors (Lipinski definition) is 5. The Hall–Kier alpha value is -2.62. The SMILES string of the molecule is CCNC(=NCc1cccc(OCc2ccccn2)c1)NCc1nc(C)c(C)o1.I. The highest BCUT2D eigenvalue weighted by Gasteiger charge is 2.06. The first-order chi connectivity index (χ1) is 14.1. The van der Waals surface area contributed by atoms with E-state index in [-0.39, 0.29) is 24.0 Å². The maximum Gasteiger partial charge on any atom is 0.214 e. The molecule has 3 aromatic rings. The van der Waals surface area contributed by atoms with Gasteiger partial charge >= 0.3 is 0 Å². The molecule has 0 fully saturated rings. The lowest BCUT2D eigenvalue weighted by molar-refractivity contribution is 0.301. The number of nitrogens with zero attached hydrogens (tertiary/aromatic N) is 3. The summed E-state index contributed by atoms with van der Waals surface area (Å²) in [6, 6.07) is 13.7. The number of aliphatic imine (C=N–C) groups is 1. The number of rotatable bonds is 8. The number of halogens is 1. The van der Waals surface area contributed by atoms with Crippen LogP contribution in [0.5, 0.6) is 5.75 Å². The zero-order chi connectivity index (χ0) is 20.5. The van der Waals surface area contributed by atoms with Gasteiger partial charge < -0.3 is 19.8 Å². The second-order valence-electron chi connectivity index (χ2n) is 6.56.